The van der Waals surface area contributed by atoms with E-state index in [1.807, 2.05) is 36.7 Å². The van der Waals surface area contributed by atoms with Crippen molar-refractivity contribution in [3.63, 3.8) is 0 Å². The molecule has 2 N–H and O–H groups in total. The lowest BCUT2D eigenvalue weighted by Crippen LogP contribution is -2.13. The molecule has 2 rings (SSSR count). The summed E-state index contributed by atoms with van der Waals surface area (Å²) in [6.45, 7) is 3.53. The second kappa shape index (κ2) is 4.30. The van der Waals surface area contributed by atoms with E-state index in [0.717, 1.165) is 22.4 Å². The molecule has 0 aliphatic carbocycles. The molecule has 1 aromatic carbocycles. The van der Waals surface area contributed by atoms with Crippen LogP contribution in [0, 0.1) is 6.92 Å². The topological polar surface area (TPSA) is 60.9 Å². The minimum absolute atomic E-state index is 0.106. The molecular formula is C13H17N3O. The fraction of sp³-hybridized carbons (Fsp3) is 0.385. The van der Waals surface area contributed by atoms with E-state index in [1.165, 1.54) is 0 Å². The molecule has 0 spiro atoms. The van der Waals surface area contributed by atoms with Crippen molar-refractivity contribution in [3.8, 4) is 0 Å². The molecule has 0 bridgehead atoms. The van der Waals surface area contributed by atoms with Gasteiger partial charge in [0, 0.05) is 19.5 Å². The van der Waals surface area contributed by atoms with Crippen LogP contribution in [-0.4, -0.2) is 15.3 Å². The van der Waals surface area contributed by atoms with Gasteiger partial charge in [-0.05, 0) is 31.5 Å². The summed E-state index contributed by atoms with van der Waals surface area (Å²) >= 11 is 0. The van der Waals surface area contributed by atoms with E-state index in [0.29, 0.717) is 6.42 Å². The Hall–Kier alpha value is -1.68. The van der Waals surface area contributed by atoms with Crippen molar-refractivity contribution in [2.24, 2.45) is 12.8 Å². The van der Waals surface area contributed by atoms with Crippen LogP contribution in [-0.2, 0) is 11.8 Å². The third kappa shape index (κ3) is 2.22. The molecule has 1 unspecified atom stereocenters. The highest BCUT2D eigenvalue weighted by atomic mass is 16.1. The van der Waals surface area contributed by atoms with Gasteiger partial charge in [0.05, 0.1) is 11.0 Å². The van der Waals surface area contributed by atoms with Crippen molar-refractivity contribution >= 4 is 16.8 Å². The minimum Gasteiger partial charge on any atom is -0.331 e. The van der Waals surface area contributed by atoms with E-state index in [9.17, 15) is 4.79 Å². The summed E-state index contributed by atoms with van der Waals surface area (Å²) in [5, 5.41) is 0. The molecule has 1 aromatic heterocycles. The fourth-order valence-corrected chi connectivity index (χ4v) is 2.00. The Kier molecular flexibility index (Phi) is 2.98. The van der Waals surface area contributed by atoms with Gasteiger partial charge in [-0.1, -0.05) is 6.07 Å². The van der Waals surface area contributed by atoms with Gasteiger partial charge < -0.3 is 10.3 Å². The second-order valence-electron chi connectivity index (χ2n) is 4.48. The third-order valence-electron chi connectivity index (χ3n) is 3.06. The maximum atomic E-state index is 11.0. The van der Waals surface area contributed by atoms with Gasteiger partial charge in [-0.2, -0.15) is 0 Å². The number of nitrogens with zero attached hydrogens (tertiary/aromatic N) is 2. The molecule has 4 heteroatoms. The van der Waals surface area contributed by atoms with Crippen molar-refractivity contribution in [2.75, 3.05) is 0 Å². The number of nitrogens with two attached hydrogens (primary N) is 1. The zero-order valence-corrected chi connectivity index (χ0v) is 10.4. The number of aryl methyl sites for hydroxylation is 2. The summed E-state index contributed by atoms with van der Waals surface area (Å²) in [5.74, 6) is 1.08. The smallest absolute Gasteiger partial charge is 0.131 e. The van der Waals surface area contributed by atoms with Crippen molar-refractivity contribution in [2.45, 2.75) is 26.3 Å². The Bertz CT molecular complexity index is 571. The summed E-state index contributed by atoms with van der Waals surface area (Å²) in [4.78, 5) is 15.5. The van der Waals surface area contributed by atoms with Crippen LogP contribution in [0.25, 0.3) is 11.0 Å². The molecule has 17 heavy (non-hydrogen) atoms. The summed E-state index contributed by atoms with van der Waals surface area (Å²) in [5.41, 5.74) is 8.96. The summed E-state index contributed by atoms with van der Waals surface area (Å²) in [6, 6.07) is 5.71. The minimum atomic E-state index is -0.237. The number of fused-ring (bicyclic) bond motifs is 1. The number of Topliss-reactive ketones (excluding diaryl/α,β-unsaturated/α-hetero) is 1. The number of ketones is 1. The van der Waals surface area contributed by atoms with Crippen LogP contribution in [0.2, 0.25) is 0 Å². The first-order valence-corrected chi connectivity index (χ1v) is 5.67. The van der Waals surface area contributed by atoms with E-state index < -0.39 is 0 Å². The fourth-order valence-electron chi connectivity index (χ4n) is 2.00. The maximum absolute atomic E-state index is 11.0. The Balaban J connectivity index is 2.41. The first-order valence-electron chi connectivity index (χ1n) is 5.67. The number of hydrogen-bond donors (Lipinski definition) is 1. The molecule has 4 nitrogen and oxygen atoms in total. The van der Waals surface area contributed by atoms with Gasteiger partial charge in [0.25, 0.3) is 0 Å². The van der Waals surface area contributed by atoms with Crippen molar-refractivity contribution in [1.29, 1.82) is 0 Å². The van der Waals surface area contributed by atoms with Gasteiger partial charge in [0.1, 0.15) is 11.6 Å². The van der Waals surface area contributed by atoms with Gasteiger partial charge in [-0.15, -0.1) is 0 Å². The standard InChI is InChI=1S/C13H17N3O/c1-8(17)6-11(14)10-4-5-13-12(7-10)15-9(2)16(13)3/h4-5,7,11H,6,14H2,1-3H3. The molecular weight excluding hydrogens is 214 g/mol. The summed E-state index contributed by atoms with van der Waals surface area (Å²) < 4.78 is 2.04. The Labute approximate surface area is 100 Å². The number of aromatic nitrogens is 2. The van der Waals surface area contributed by atoms with E-state index in [2.05, 4.69) is 4.98 Å². The molecule has 0 amide bonds. The van der Waals surface area contributed by atoms with E-state index >= 15 is 0 Å². The van der Waals surface area contributed by atoms with E-state index in [1.54, 1.807) is 6.92 Å². The number of hydrogen-bond acceptors (Lipinski definition) is 3. The summed E-state index contributed by atoms with van der Waals surface area (Å²) in [6.07, 6.45) is 0.372. The molecule has 2 aromatic rings. The van der Waals surface area contributed by atoms with E-state index in [4.69, 9.17) is 5.73 Å². The maximum Gasteiger partial charge on any atom is 0.131 e. The molecule has 0 aliphatic rings. The van der Waals surface area contributed by atoms with Crippen molar-refractivity contribution < 1.29 is 4.79 Å². The average molecular weight is 231 g/mol. The normalized spacial score (nSPS) is 12.9. The van der Waals surface area contributed by atoms with Gasteiger partial charge in [-0.25, -0.2) is 4.98 Å². The van der Waals surface area contributed by atoms with Gasteiger partial charge in [0.2, 0.25) is 0 Å². The molecule has 0 radical (unpaired) electrons. The molecule has 0 fully saturated rings. The molecule has 1 heterocycles. The number of benzene rings is 1. The second-order valence-corrected chi connectivity index (χ2v) is 4.48. The largest absolute Gasteiger partial charge is 0.331 e. The molecule has 1 atom stereocenters. The van der Waals surface area contributed by atoms with Crippen LogP contribution in [0.3, 0.4) is 0 Å². The van der Waals surface area contributed by atoms with Gasteiger partial charge >= 0.3 is 0 Å². The van der Waals surface area contributed by atoms with Crippen LogP contribution >= 0.6 is 0 Å². The van der Waals surface area contributed by atoms with Crippen LogP contribution in [0.4, 0.5) is 0 Å². The zero-order chi connectivity index (χ0) is 12.6. The summed E-state index contributed by atoms with van der Waals surface area (Å²) in [7, 11) is 1.99. The number of carbonyl (C=O) groups excluding carboxylic acids is 1. The Morgan fingerprint density at radius 3 is 2.88 bits per heavy atom. The van der Waals surface area contributed by atoms with Crippen LogP contribution in [0.15, 0.2) is 18.2 Å². The molecule has 0 saturated carbocycles. The average Bonchev–Trinajstić information content (AvgIpc) is 2.53. The Morgan fingerprint density at radius 1 is 1.53 bits per heavy atom. The lowest BCUT2D eigenvalue weighted by Gasteiger charge is -2.09. The van der Waals surface area contributed by atoms with Crippen molar-refractivity contribution in [1.82, 2.24) is 9.55 Å². The van der Waals surface area contributed by atoms with Gasteiger partial charge in [0.15, 0.2) is 0 Å². The first-order chi connectivity index (χ1) is 7.99. The first kappa shape index (κ1) is 11.8. The van der Waals surface area contributed by atoms with Crippen molar-refractivity contribution in [3.05, 3.63) is 29.6 Å². The quantitative estimate of drug-likeness (QED) is 0.877. The lowest BCUT2D eigenvalue weighted by molar-refractivity contribution is -0.117. The van der Waals surface area contributed by atoms with Crippen LogP contribution < -0.4 is 5.73 Å². The van der Waals surface area contributed by atoms with E-state index in [-0.39, 0.29) is 11.8 Å². The van der Waals surface area contributed by atoms with Crippen LogP contribution in [0.5, 0.6) is 0 Å². The van der Waals surface area contributed by atoms with Crippen LogP contribution in [0.1, 0.15) is 30.8 Å². The lowest BCUT2D eigenvalue weighted by atomic mass is 10.0. The predicted molar refractivity (Wildman–Crippen MR) is 67.7 cm³/mol. The Morgan fingerprint density at radius 2 is 2.24 bits per heavy atom. The molecule has 0 aliphatic heterocycles. The highest BCUT2D eigenvalue weighted by molar-refractivity contribution is 5.78. The number of carbonyl (C=O) groups is 1. The zero-order valence-electron chi connectivity index (χ0n) is 10.4. The number of imidazole rings is 1. The predicted octanol–water partition coefficient (Wildman–Crippen LogP) is 1.86. The molecule has 90 valence electrons. The monoisotopic (exact) mass is 231 g/mol. The SMILES string of the molecule is CC(=O)CC(N)c1ccc2c(c1)nc(C)n2C. The number of rotatable bonds is 3. The highest BCUT2D eigenvalue weighted by Gasteiger charge is 2.11. The van der Waals surface area contributed by atoms with Gasteiger partial charge in [-0.3, -0.25) is 4.79 Å². The highest BCUT2D eigenvalue weighted by Crippen LogP contribution is 2.21. The molecule has 0 saturated heterocycles. The third-order valence-corrected chi connectivity index (χ3v) is 3.06.